The fourth-order valence-corrected chi connectivity index (χ4v) is 4.58. The Bertz CT molecular complexity index is 1210. The maximum Gasteiger partial charge on any atom is 0.416 e. The summed E-state index contributed by atoms with van der Waals surface area (Å²) in [6.07, 6.45) is -3.32. The molecule has 2 amide bonds. The van der Waals surface area contributed by atoms with E-state index in [9.17, 15) is 31.2 Å². The molecule has 2 aromatic rings. The van der Waals surface area contributed by atoms with Crippen LogP contribution < -0.4 is 9.62 Å². The second-order valence-electron chi connectivity index (χ2n) is 8.41. The third-order valence-corrected chi connectivity index (χ3v) is 6.82. The molecule has 198 valence electrons. The molecule has 2 aromatic carbocycles. The zero-order chi connectivity index (χ0) is 27.3. The molecule has 0 aliphatic heterocycles. The molecule has 1 unspecified atom stereocenters. The lowest BCUT2D eigenvalue weighted by Crippen LogP contribution is -2.51. The van der Waals surface area contributed by atoms with E-state index >= 15 is 0 Å². The van der Waals surface area contributed by atoms with E-state index in [0.29, 0.717) is 28.9 Å². The molecule has 0 radical (unpaired) electrons. The normalized spacial score (nSPS) is 12.7. The molecular formula is C24H29ClF3N3O4S. The number of nitrogens with zero attached hydrogens (tertiary/aromatic N) is 2. The Morgan fingerprint density at radius 2 is 1.81 bits per heavy atom. The van der Waals surface area contributed by atoms with Gasteiger partial charge < -0.3 is 10.2 Å². The highest BCUT2D eigenvalue weighted by Gasteiger charge is 2.34. The highest BCUT2D eigenvalue weighted by Crippen LogP contribution is 2.36. The predicted octanol–water partition coefficient (Wildman–Crippen LogP) is 4.38. The van der Waals surface area contributed by atoms with Crippen molar-refractivity contribution in [1.29, 1.82) is 0 Å². The number of halogens is 4. The molecule has 0 heterocycles. The predicted molar refractivity (Wildman–Crippen MR) is 133 cm³/mol. The molecule has 2 rings (SSSR count). The van der Waals surface area contributed by atoms with Gasteiger partial charge in [-0.2, -0.15) is 13.2 Å². The van der Waals surface area contributed by atoms with Crippen LogP contribution >= 0.6 is 11.6 Å². The Kier molecular flexibility index (Phi) is 9.78. The summed E-state index contributed by atoms with van der Waals surface area (Å²) in [5.41, 5.74) is 0.00542. The molecule has 7 nitrogen and oxygen atoms in total. The van der Waals surface area contributed by atoms with Crippen molar-refractivity contribution < 1.29 is 31.2 Å². The number of amides is 2. The fourth-order valence-electron chi connectivity index (χ4n) is 3.46. The van der Waals surface area contributed by atoms with Gasteiger partial charge in [-0.05, 0) is 44.0 Å². The Morgan fingerprint density at radius 1 is 1.14 bits per heavy atom. The minimum atomic E-state index is -4.75. The van der Waals surface area contributed by atoms with Crippen molar-refractivity contribution in [1.82, 2.24) is 10.2 Å². The number of rotatable bonds is 10. The summed E-state index contributed by atoms with van der Waals surface area (Å²) in [5.74, 6) is -1.23. The van der Waals surface area contributed by atoms with E-state index in [1.165, 1.54) is 11.8 Å². The maximum absolute atomic E-state index is 13.5. The van der Waals surface area contributed by atoms with E-state index < -0.39 is 51.9 Å². The summed E-state index contributed by atoms with van der Waals surface area (Å²) in [6, 6.07) is 8.44. The van der Waals surface area contributed by atoms with Gasteiger partial charge in [-0.15, -0.1) is 0 Å². The van der Waals surface area contributed by atoms with Gasteiger partial charge in [-0.1, -0.05) is 48.4 Å². The van der Waals surface area contributed by atoms with Crippen molar-refractivity contribution >= 4 is 39.1 Å². The molecule has 0 fully saturated rings. The van der Waals surface area contributed by atoms with Crippen LogP contribution in [0.3, 0.4) is 0 Å². The van der Waals surface area contributed by atoms with Gasteiger partial charge in [0.2, 0.25) is 21.8 Å². The van der Waals surface area contributed by atoms with Crippen LogP contribution in [0, 0.1) is 6.92 Å². The quantitative estimate of drug-likeness (QED) is 0.478. The summed E-state index contributed by atoms with van der Waals surface area (Å²) in [5, 5.41) is 2.42. The van der Waals surface area contributed by atoms with Gasteiger partial charge in [0.15, 0.2) is 0 Å². The van der Waals surface area contributed by atoms with Crippen molar-refractivity contribution in [2.24, 2.45) is 0 Å². The Balaban J connectivity index is 2.48. The molecule has 0 saturated heterocycles. The van der Waals surface area contributed by atoms with E-state index in [0.717, 1.165) is 24.0 Å². The monoisotopic (exact) mass is 547 g/mol. The molecule has 0 aliphatic rings. The SMILES string of the molecule is CCCNC(=O)C(C)N(Cc1cccc(C)c1)C(=O)CN(c1cc(C(F)(F)F)ccc1Cl)S(C)(=O)=O. The lowest BCUT2D eigenvalue weighted by Gasteiger charge is -2.32. The topological polar surface area (TPSA) is 86.8 Å². The van der Waals surface area contributed by atoms with Crippen LogP contribution in [0.4, 0.5) is 18.9 Å². The number of carbonyl (C=O) groups is 2. The zero-order valence-electron chi connectivity index (χ0n) is 20.4. The third-order valence-electron chi connectivity index (χ3n) is 5.37. The standard InChI is InChI=1S/C24H29ClF3N3O4S/c1-5-11-29-23(33)17(3)30(14-18-8-6-7-16(2)12-18)22(32)15-31(36(4,34)35)21-13-19(24(26,27)28)9-10-20(21)25/h6-10,12-13,17H,5,11,14-15H2,1-4H3,(H,29,33). The molecule has 0 saturated carbocycles. The highest BCUT2D eigenvalue weighted by atomic mass is 35.5. The molecule has 0 spiro atoms. The Labute approximate surface area is 214 Å². The number of carbonyl (C=O) groups excluding carboxylic acids is 2. The smallest absolute Gasteiger partial charge is 0.354 e. The van der Waals surface area contributed by atoms with Crippen LogP contribution in [0.2, 0.25) is 5.02 Å². The van der Waals surface area contributed by atoms with Crippen molar-refractivity contribution in [2.75, 3.05) is 23.7 Å². The molecule has 0 bridgehead atoms. The summed E-state index contributed by atoms with van der Waals surface area (Å²) in [6.45, 7) is 4.73. The van der Waals surface area contributed by atoms with Gasteiger partial charge in [0, 0.05) is 13.1 Å². The Hall–Kier alpha value is -2.79. The van der Waals surface area contributed by atoms with Crippen molar-refractivity contribution in [3.8, 4) is 0 Å². The average Bonchev–Trinajstić information content (AvgIpc) is 2.78. The summed E-state index contributed by atoms with van der Waals surface area (Å²) in [4.78, 5) is 27.3. The molecule has 36 heavy (non-hydrogen) atoms. The first kappa shape index (κ1) is 29.4. The first-order valence-electron chi connectivity index (χ1n) is 11.1. The largest absolute Gasteiger partial charge is 0.416 e. The second-order valence-corrected chi connectivity index (χ2v) is 10.7. The maximum atomic E-state index is 13.5. The van der Waals surface area contributed by atoms with Crippen LogP contribution in [-0.2, 0) is 32.3 Å². The molecule has 1 atom stereocenters. The van der Waals surface area contributed by atoms with Crippen molar-refractivity contribution in [3.63, 3.8) is 0 Å². The summed E-state index contributed by atoms with van der Waals surface area (Å²) >= 11 is 6.07. The lowest BCUT2D eigenvalue weighted by atomic mass is 10.1. The Morgan fingerprint density at radius 3 is 2.36 bits per heavy atom. The summed E-state index contributed by atoms with van der Waals surface area (Å²) < 4.78 is 65.6. The van der Waals surface area contributed by atoms with E-state index in [1.807, 2.05) is 26.0 Å². The number of aryl methyl sites for hydroxylation is 1. The first-order chi connectivity index (χ1) is 16.6. The number of sulfonamides is 1. The first-order valence-corrected chi connectivity index (χ1v) is 13.3. The van der Waals surface area contributed by atoms with Crippen molar-refractivity contribution in [2.45, 2.75) is 46.0 Å². The average molecular weight is 548 g/mol. The number of benzene rings is 2. The van der Waals surface area contributed by atoms with Gasteiger partial charge in [0.25, 0.3) is 0 Å². The van der Waals surface area contributed by atoms with Crippen molar-refractivity contribution in [3.05, 3.63) is 64.2 Å². The lowest BCUT2D eigenvalue weighted by molar-refractivity contribution is -0.139. The third kappa shape index (κ3) is 7.86. The van der Waals surface area contributed by atoms with E-state index in [-0.39, 0.29) is 11.6 Å². The van der Waals surface area contributed by atoms with Gasteiger partial charge in [-0.3, -0.25) is 13.9 Å². The zero-order valence-corrected chi connectivity index (χ0v) is 22.0. The van der Waals surface area contributed by atoms with E-state index in [2.05, 4.69) is 5.32 Å². The van der Waals surface area contributed by atoms with Crippen LogP contribution in [0.1, 0.15) is 37.0 Å². The van der Waals surface area contributed by atoms with Crippen LogP contribution in [0.15, 0.2) is 42.5 Å². The number of hydrogen-bond donors (Lipinski definition) is 1. The van der Waals surface area contributed by atoms with E-state index in [4.69, 9.17) is 11.6 Å². The van der Waals surface area contributed by atoms with Gasteiger partial charge >= 0.3 is 6.18 Å². The van der Waals surface area contributed by atoms with Crippen LogP contribution in [0.25, 0.3) is 0 Å². The molecule has 12 heteroatoms. The molecule has 0 aliphatic carbocycles. The number of alkyl halides is 3. The molecule has 1 N–H and O–H groups in total. The highest BCUT2D eigenvalue weighted by molar-refractivity contribution is 7.92. The molecular weight excluding hydrogens is 519 g/mol. The number of nitrogens with one attached hydrogen (secondary N) is 1. The minimum absolute atomic E-state index is 0.0187. The van der Waals surface area contributed by atoms with Gasteiger partial charge in [0.1, 0.15) is 12.6 Å². The summed E-state index contributed by atoms with van der Waals surface area (Å²) in [7, 11) is -4.24. The molecule has 0 aromatic heterocycles. The van der Waals surface area contributed by atoms with E-state index in [1.54, 1.807) is 12.1 Å². The van der Waals surface area contributed by atoms with Crippen LogP contribution in [0.5, 0.6) is 0 Å². The fraction of sp³-hybridized carbons (Fsp3) is 0.417. The number of anilines is 1. The van der Waals surface area contributed by atoms with Gasteiger partial charge in [0.05, 0.1) is 22.5 Å². The van der Waals surface area contributed by atoms with Crippen LogP contribution in [-0.4, -0.2) is 50.5 Å². The minimum Gasteiger partial charge on any atom is -0.354 e. The van der Waals surface area contributed by atoms with Gasteiger partial charge in [-0.25, -0.2) is 8.42 Å². The second kappa shape index (κ2) is 12.0. The number of hydrogen-bond acceptors (Lipinski definition) is 4.